The van der Waals surface area contributed by atoms with Gasteiger partial charge < -0.3 is 0 Å². The molecule has 0 saturated heterocycles. The molecule has 0 nitrogen and oxygen atoms in total. The zero-order valence-electron chi connectivity index (χ0n) is 12.3. The monoisotopic (exact) mass is 250 g/mol. The molecule has 3 rings (SSSR count). The lowest BCUT2D eigenvalue weighted by Gasteiger charge is -2.06. The van der Waals surface area contributed by atoms with Crippen molar-refractivity contribution in [3.05, 3.63) is 60.2 Å². The van der Waals surface area contributed by atoms with E-state index in [1.165, 1.54) is 16.7 Å². The first-order chi connectivity index (χ1) is 8.94. The smallest absolute Gasteiger partial charge is 0.00487 e. The highest BCUT2D eigenvalue weighted by atomic mass is 14.7. The molecule has 1 saturated carbocycles. The van der Waals surface area contributed by atoms with Crippen LogP contribution in [0.3, 0.4) is 0 Å². The first-order valence-electron chi connectivity index (χ1n) is 7.10. The summed E-state index contributed by atoms with van der Waals surface area (Å²) in [4.78, 5) is 0. The molecule has 0 atom stereocenters. The van der Waals surface area contributed by atoms with Crippen molar-refractivity contribution >= 4 is 0 Å². The highest BCUT2D eigenvalue weighted by Gasteiger charge is 2.64. The molecule has 0 aliphatic heterocycles. The van der Waals surface area contributed by atoms with Gasteiger partial charge in [0, 0.05) is 0 Å². The van der Waals surface area contributed by atoms with Gasteiger partial charge in [-0.15, -0.1) is 0 Å². The predicted molar refractivity (Wildman–Crippen MR) is 82.2 cm³/mol. The summed E-state index contributed by atoms with van der Waals surface area (Å²) < 4.78 is 0. The first kappa shape index (κ1) is 12.5. The van der Waals surface area contributed by atoms with Crippen LogP contribution in [0.2, 0.25) is 0 Å². The highest BCUT2D eigenvalue weighted by molar-refractivity contribution is 5.63. The van der Waals surface area contributed by atoms with Crippen molar-refractivity contribution < 1.29 is 0 Å². The number of hydrogen-bond acceptors (Lipinski definition) is 0. The van der Waals surface area contributed by atoms with Crippen LogP contribution in [0.5, 0.6) is 0 Å². The normalized spacial score (nSPS) is 20.2. The van der Waals surface area contributed by atoms with Crippen LogP contribution in [-0.4, -0.2) is 0 Å². The van der Waals surface area contributed by atoms with Crippen molar-refractivity contribution in [3.63, 3.8) is 0 Å². The molecule has 0 unspecified atom stereocenters. The Balaban J connectivity index is 1.89. The van der Waals surface area contributed by atoms with Gasteiger partial charge in [0.1, 0.15) is 0 Å². The second-order valence-corrected chi connectivity index (χ2v) is 6.86. The van der Waals surface area contributed by atoms with Crippen LogP contribution in [0.1, 0.15) is 39.2 Å². The lowest BCUT2D eigenvalue weighted by atomic mass is 9.99. The van der Waals surface area contributed by atoms with E-state index < -0.39 is 0 Å². The summed E-state index contributed by atoms with van der Waals surface area (Å²) in [6.07, 6.45) is 0. The number of rotatable bonds is 2. The molecule has 0 spiro atoms. The lowest BCUT2D eigenvalue weighted by molar-refractivity contribution is 0.457. The second kappa shape index (κ2) is 3.96. The molecule has 0 amide bonds. The van der Waals surface area contributed by atoms with Gasteiger partial charge in [-0.1, -0.05) is 82.3 Å². The standard InChI is InChI=1S/C19H22/c1-18(2)17(19(18,3)4)16-12-10-15(11-13-16)14-8-6-5-7-9-14/h5-13,17H,1-4H3. The molecule has 0 heteroatoms. The molecular weight excluding hydrogens is 228 g/mol. The molecular formula is C19H22. The Labute approximate surface area is 116 Å². The van der Waals surface area contributed by atoms with E-state index in [0.29, 0.717) is 16.7 Å². The third-order valence-electron chi connectivity index (χ3n) is 5.37. The second-order valence-electron chi connectivity index (χ2n) is 6.86. The fourth-order valence-corrected chi connectivity index (χ4v) is 3.53. The zero-order chi connectivity index (χ0) is 13.7. The van der Waals surface area contributed by atoms with E-state index in [-0.39, 0.29) is 0 Å². The minimum absolute atomic E-state index is 0.418. The van der Waals surface area contributed by atoms with E-state index in [2.05, 4.69) is 82.3 Å². The highest BCUT2D eigenvalue weighted by Crippen LogP contribution is 2.73. The Morgan fingerprint density at radius 2 is 1.11 bits per heavy atom. The molecule has 0 aromatic heterocycles. The molecule has 98 valence electrons. The van der Waals surface area contributed by atoms with Crippen molar-refractivity contribution in [2.45, 2.75) is 33.6 Å². The summed E-state index contributed by atoms with van der Waals surface area (Å²) in [7, 11) is 0. The number of hydrogen-bond donors (Lipinski definition) is 0. The summed E-state index contributed by atoms with van der Waals surface area (Å²) in [6.45, 7) is 9.51. The van der Waals surface area contributed by atoms with Crippen molar-refractivity contribution in [3.8, 4) is 11.1 Å². The van der Waals surface area contributed by atoms with E-state index in [0.717, 1.165) is 0 Å². The van der Waals surface area contributed by atoms with Crippen molar-refractivity contribution in [2.75, 3.05) is 0 Å². The molecule has 2 aromatic carbocycles. The average Bonchev–Trinajstić information content (AvgIpc) is 2.81. The average molecular weight is 250 g/mol. The van der Waals surface area contributed by atoms with Gasteiger partial charge >= 0.3 is 0 Å². The van der Waals surface area contributed by atoms with Gasteiger partial charge in [0.05, 0.1) is 0 Å². The fourth-order valence-electron chi connectivity index (χ4n) is 3.53. The minimum Gasteiger partial charge on any atom is -0.0622 e. The topological polar surface area (TPSA) is 0 Å². The van der Waals surface area contributed by atoms with Crippen LogP contribution < -0.4 is 0 Å². The van der Waals surface area contributed by atoms with Gasteiger partial charge in [0.15, 0.2) is 0 Å². The van der Waals surface area contributed by atoms with Crippen LogP contribution in [0, 0.1) is 10.8 Å². The molecule has 19 heavy (non-hydrogen) atoms. The van der Waals surface area contributed by atoms with Crippen LogP contribution in [0.25, 0.3) is 11.1 Å². The van der Waals surface area contributed by atoms with Crippen LogP contribution in [0.4, 0.5) is 0 Å². The Hall–Kier alpha value is -1.56. The molecule has 0 radical (unpaired) electrons. The molecule has 0 heterocycles. The van der Waals surface area contributed by atoms with Gasteiger partial charge in [-0.3, -0.25) is 0 Å². The molecule has 1 aliphatic rings. The summed E-state index contributed by atoms with van der Waals surface area (Å²) in [6, 6.07) is 19.7. The SMILES string of the molecule is CC1(C)C(c2ccc(-c3ccccc3)cc2)C1(C)C. The van der Waals surface area contributed by atoms with Crippen LogP contribution in [-0.2, 0) is 0 Å². The van der Waals surface area contributed by atoms with E-state index in [1.54, 1.807) is 0 Å². The van der Waals surface area contributed by atoms with Crippen LogP contribution >= 0.6 is 0 Å². The third kappa shape index (κ3) is 1.82. The summed E-state index contributed by atoms with van der Waals surface area (Å²) in [5.74, 6) is 0.685. The summed E-state index contributed by atoms with van der Waals surface area (Å²) >= 11 is 0. The van der Waals surface area contributed by atoms with E-state index in [1.807, 2.05) is 0 Å². The first-order valence-corrected chi connectivity index (χ1v) is 7.10. The molecule has 0 bridgehead atoms. The van der Waals surface area contributed by atoms with Crippen molar-refractivity contribution in [1.82, 2.24) is 0 Å². The van der Waals surface area contributed by atoms with Gasteiger partial charge in [-0.05, 0) is 33.4 Å². The fraction of sp³-hybridized carbons (Fsp3) is 0.368. The third-order valence-corrected chi connectivity index (χ3v) is 5.37. The molecule has 1 aliphatic carbocycles. The molecule has 2 aromatic rings. The van der Waals surface area contributed by atoms with Gasteiger partial charge in [0.2, 0.25) is 0 Å². The summed E-state index contributed by atoms with van der Waals surface area (Å²) in [5, 5.41) is 0. The van der Waals surface area contributed by atoms with Crippen LogP contribution in [0.15, 0.2) is 54.6 Å². The van der Waals surface area contributed by atoms with Crippen molar-refractivity contribution in [1.29, 1.82) is 0 Å². The zero-order valence-corrected chi connectivity index (χ0v) is 12.3. The Kier molecular flexibility index (Phi) is 2.60. The quantitative estimate of drug-likeness (QED) is 0.660. The minimum atomic E-state index is 0.418. The Morgan fingerprint density at radius 1 is 0.632 bits per heavy atom. The van der Waals surface area contributed by atoms with Gasteiger partial charge in [0.25, 0.3) is 0 Å². The largest absolute Gasteiger partial charge is 0.0622 e. The lowest BCUT2D eigenvalue weighted by Crippen LogP contribution is -1.95. The van der Waals surface area contributed by atoms with Gasteiger partial charge in [-0.2, -0.15) is 0 Å². The maximum atomic E-state index is 2.38. The number of benzene rings is 2. The summed E-state index contributed by atoms with van der Waals surface area (Å²) in [5.41, 5.74) is 4.92. The predicted octanol–water partition coefficient (Wildman–Crippen LogP) is 5.50. The molecule has 0 N–H and O–H groups in total. The van der Waals surface area contributed by atoms with Gasteiger partial charge in [-0.25, -0.2) is 0 Å². The van der Waals surface area contributed by atoms with Crippen molar-refractivity contribution in [2.24, 2.45) is 10.8 Å². The Bertz CT molecular complexity index is 559. The Morgan fingerprint density at radius 3 is 1.58 bits per heavy atom. The van der Waals surface area contributed by atoms with E-state index in [9.17, 15) is 0 Å². The van der Waals surface area contributed by atoms with E-state index >= 15 is 0 Å². The maximum Gasteiger partial charge on any atom is -0.00487 e. The maximum absolute atomic E-state index is 2.38. The molecule has 1 fully saturated rings. The van der Waals surface area contributed by atoms with E-state index in [4.69, 9.17) is 0 Å².